The van der Waals surface area contributed by atoms with Crippen molar-refractivity contribution >= 4 is 27.3 Å². The third-order valence-corrected chi connectivity index (χ3v) is 10.9. The summed E-state index contributed by atoms with van der Waals surface area (Å²) in [6, 6.07) is 5.85. The van der Waals surface area contributed by atoms with E-state index >= 15 is 0 Å². The predicted molar refractivity (Wildman–Crippen MR) is 162 cm³/mol. The van der Waals surface area contributed by atoms with Gasteiger partial charge in [0.1, 0.15) is 5.69 Å². The van der Waals surface area contributed by atoms with Gasteiger partial charge in [0, 0.05) is 5.38 Å². The number of nitrogens with zero attached hydrogens (tertiary/aromatic N) is 3. The van der Waals surface area contributed by atoms with Crippen LogP contribution in [-0.2, 0) is 15.6 Å². The van der Waals surface area contributed by atoms with Crippen LogP contribution in [0.5, 0.6) is 0 Å². The zero-order valence-corrected chi connectivity index (χ0v) is 26.7. The van der Waals surface area contributed by atoms with E-state index in [-0.39, 0.29) is 29.6 Å². The average molecular weight is 585 g/mol. The molecule has 1 aliphatic rings. The Kier molecular flexibility index (Phi) is 8.95. The number of carbonyl (C=O) groups excluding carboxylic acids is 1. The summed E-state index contributed by atoms with van der Waals surface area (Å²) in [5.74, 6) is 0.833. The summed E-state index contributed by atoms with van der Waals surface area (Å²) in [5, 5.41) is 15.6. The highest BCUT2D eigenvalue weighted by atomic mass is 32.2. The van der Waals surface area contributed by atoms with Crippen LogP contribution in [0.1, 0.15) is 132 Å². The lowest BCUT2D eigenvalue weighted by molar-refractivity contribution is 0.0813. The van der Waals surface area contributed by atoms with E-state index in [0.717, 1.165) is 46.5 Å². The minimum Gasteiger partial charge on any atom is -0.341 e. The molecule has 1 N–H and O–H groups in total. The average Bonchev–Trinajstić information content (AvgIpc) is 3.61. The van der Waals surface area contributed by atoms with Gasteiger partial charge in [0.25, 0.3) is 15.9 Å². The maximum absolute atomic E-state index is 14.3. The molecule has 1 atom stereocenters. The van der Waals surface area contributed by atoms with E-state index in [0.29, 0.717) is 22.1 Å². The highest BCUT2D eigenvalue weighted by Crippen LogP contribution is 2.41. The van der Waals surface area contributed by atoms with Crippen molar-refractivity contribution in [3.8, 4) is 0 Å². The van der Waals surface area contributed by atoms with Crippen LogP contribution in [0.3, 0.4) is 0 Å². The Morgan fingerprint density at radius 2 is 1.62 bits per heavy atom. The Hall–Kier alpha value is -2.52. The molecule has 1 aliphatic carbocycles. The second kappa shape index (κ2) is 11.8. The Labute approximate surface area is 243 Å². The summed E-state index contributed by atoms with van der Waals surface area (Å²) < 4.78 is 29.6. The molecule has 0 aliphatic heterocycles. The van der Waals surface area contributed by atoms with E-state index in [4.69, 9.17) is 0 Å². The molecule has 218 valence electrons. The van der Waals surface area contributed by atoms with Crippen molar-refractivity contribution < 1.29 is 13.2 Å². The zero-order valence-electron chi connectivity index (χ0n) is 25.1. The van der Waals surface area contributed by atoms with Gasteiger partial charge in [0.05, 0.1) is 22.2 Å². The summed E-state index contributed by atoms with van der Waals surface area (Å²) in [4.78, 5) is 13.6. The number of amides is 1. The van der Waals surface area contributed by atoms with E-state index < -0.39 is 15.6 Å². The first kappa shape index (κ1) is 30.4. The van der Waals surface area contributed by atoms with E-state index in [9.17, 15) is 13.2 Å². The summed E-state index contributed by atoms with van der Waals surface area (Å²) in [7, 11) is -4.05. The monoisotopic (exact) mass is 584 g/mol. The maximum Gasteiger partial charge on any atom is 0.284 e. The highest BCUT2D eigenvalue weighted by Gasteiger charge is 2.42. The van der Waals surface area contributed by atoms with Gasteiger partial charge in [-0.05, 0) is 77.5 Å². The molecule has 4 rings (SSSR count). The molecule has 2 aromatic heterocycles. The second-order valence-electron chi connectivity index (χ2n) is 12.6. The minimum absolute atomic E-state index is 0.00311. The second-order valence-corrected chi connectivity index (χ2v) is 15.1. The van der Waals surface area contributed by atoms with Gasteiger partial charge in [-0.15, -0.1) is 9.19 Å². The van der Waals surface area contributed by atoms with Crippen LogP contribution < -0.4 is 5.32 Å². The first-order valence-electron chi connectivity index (χ1n) is 14.5. The van der Waals surface area contributed by atoms with Crippen molar-refractivity contribution in [3.63, 3.8) is 0 Å². The summed E-state index contributed by atoms with van der Waals surface area (Å²) in [5.41, 5.74) is 2.91. The number of rotatable bonds is 9. The number of nitrogens with one attached hydrogen (secondary N) is 1. The number of carbonyl (C=O) groups is 1. The van der Waals surface area contributed by atoms with Gasteiger partial charge >= 0.3 is 0 Å². The third kappa shape index (κ3) is 5.91. The lowest BCUT2D eigenvalue weighted by Gasteiger charge is -2.40. The van der Waals surface area contributed by atoms with Crippen molar-refractivity contribution in [2.24, 2.45) is 11.8 Å². The molecule has 9 heteroatoms. The van der Waals surface area contributed by atoms with Crippen molar-refractivity contribution in [2.45, 2.75) is 109 Å². The van der Waals surface area contributed by atoms with Gasteiger partial charge in [-0.25, -0.2) is 0 Å². The quantitative estimate of drug-likeness (QED) is 0.282. The molecule has 0 radical (unpaired) electrons. The van der Waals surface area contributed by atoms with Crippen LogP contribution in [0.25, 0.3) is 0 Å². The van der Waals surface area contributed by atoms with Gasteiger partial charge in [0.15, 0.2) is 0 Å². The highest BCUT2D eigenvalue weighted by molar-refractivity contribution is 7.90. The summed E-state index contributed by atoms with van der Waals surface area (Å²) in [6.45, 7) is 16.6. The molecular weight excluding hydrogens is 541 g/mol. The number of aromatic nitrogens is 3. The van der Waals surface area contributed by atoms with Crippen LogP contribution in [0.4, 0.5) is 0 Å². The fraction of sp³-hybridized carbons (Fsp3) is 0.581. The summed E-state index contributed by atoms with van der Waals surface area (Å²) in [6.07, 6.45) is 5.48. The molecule has 3 aromatic rings. The molecule has 0 spiro atoms. The van der Waals surface area contributed by atoms with E-state index in [1.165, 1.54) is 17.5 Å². The molecular formula is C31H44N4O3S2. The normalized spacial score (nSPS) is 19.8. The van der Waals surface area contributed by atoms with Crippen molar-refractivity contribution in [1.82, 2.24) is 19.7 Å². The number of benzene rings is 1. The summed E-state index contributed by atoms with van der Waals surface area (Å²) >= 11 is 1.47. The van der Waals surface area contributed by atoms with Gasteiger partial charge in [0.2, 0.25) is 0 Å². The Morgan fingerprint density at radius 1 is 1.02 bits per heavy atom. The molecule has 0 unspecified atom stereocenters. The molecule has 0 bridgehead atoms. The van der Waals surface area contributed by atoms with Gasteiger partial charge in [-0.1, -0.05) is 78.7 Å². The fourth-order valence-electron chi connectivity index (χ4n) is 5.80. The Bertz CT molecular complexity index is 1400. The molecule has 1 amide bonds. The van der Waals surface area contributed by atoms with Gasteiger partial charge in [-0.3, -0.25) is 4.79 Å². The SMILES string of the molecule is CC(C)c1cc(C(C)C)c(S(=O)(=O)n2cc([C@@](C)(NC(=O)c3ccsc3)[C@H]3CC[C@H](C)CC3)nn2)c(C(C)C)c1. The van der Waals surface area contributed by atoms with E-state index in [1.807, 2.05) is 57.5 Å². The molecule has 1 saturated carbocycles. The lowest BCUT2D eigenvalue weighted by atomic mass is 9.71. The zero-order chi connectivity index (χ0) is 29.4. The number of hydrogen-bond donors (Lipinski definition) is 1. The van der Waals surface area contributed by atoms with Gasteiger partial charge in [-0.2, -0.15) is 19.8 Å². The van der Waals surface area contributed by atoms with Crippen LogP contribution in [-0.4, -0.2) is 28.7 Å². The first-order chi connectivity index (χ1) is 18.8. The molecule has 7 nitrogen and oxygen atoms in total. The van der Waals surface area contributed by atoms with Crippen LogP contribution >= 0.6 is 11.3 Å². The van der Waals surface area contributed by atoms with Crippen molar-refractivity contribution in [2.75, 3.05) is 0 Å². The molecule has 1 aromatic carbocycles. The van der Waals surface area contributed by atoms with E-state index in [1.54, 1.807) is 6.07 Å². The Balaban J connectivity index is 1.82. The largest absolute Gasteiger partial charge is 0.341 e. The van der Waals surface area contributed by atoms with E-state index in [2.05, 4.69) is 36.4 Å². The number of hydrogen-bond acceptors (Lipinski definition) is 6. The topological polar surface area (TPSA) is 94.0 Å². The fourth-order valence-corrected chi connectivity index (χ4v) is 8.18. The van der Waals surface area contributed by atoms with Gasteiger partial charge < -0.3 is 5.32 Å². The van der Waals surface area contributed by atoms with Crippen molar-refractivity contribution in [3.05, 3.63) is 63.1 Å². The smallest absolute Gasteiger partial charge is 0.284 e. The maximum atomic E-state index is 14.3. The molecule has 40 heavy (non-hydrogen) atoms. The minimum atomic E-state index is -4.05. The molecule has 1 fully saturated rings. The lowest BCUT2D eigenvalue weighted by Crippen LogP contribution is -2.50. The van der Waals surface area contributed by atoms with Crippen LogP contribution in [0.2, 0.25) is 0 Å². The van der Waals surface area contributed by atoms with Crippen LogP contribution in [0.15, 0.2) is 40.1 Å². The third-order valence-electron chi connectivity index (χ3n) is 8.58. The predicted octanol–water partition coefficient (Wildman–Crippen LogP) is 7.42. The Morgan fingerprint density at radius 3 is 2.12 bits per heavy atom. The number of thiophene rings is 1. The molecule has 2 heterocycles. The standard InChI is InChI=1S/C31H44N4O3S2/c1-19(2)24-15-26(20(3)4)29(27(16-24)21(5)6)40(37,38)35-17-28(33-34-35)31(8,25-11-9-22(7)10-12-25)32-30(36)23-13-14-39-18-23/h13-22,25H,9-12H2,1-8H3,(H,32,36)/t22-,25-,31-/m0/s1. The van der Waals surface area contributed by atoms with Crippen LogP contribution in [0, 0.1) is 11.8 Å². The van der Waals surface area contributed by atoms with Crippen molar-refractivity contribution in [1.29, 1.82) is 0 Å². The first-order valence-corrected chi connectivity index (χ1v) is 16.8. The molecule has 0 saturated heterocycles.